The lowest BCUT2D eigenvalue weighted by molar-refractivity contribution is -0.133. The number of carboxylic acid groups (broad SMARTS) is 2. The lowest BCUT2D eigenvalue weighted by Gasteiger charge is -2.22. The Morgan fingerprint density at radius 2 is 1.44 bits per heavy atom. The molecule has 2 N–H and O–H groups in total. The molecule has 18 heavy (non-hydrogen) atoms. The molecule has 0 aromatic heterocycles. The van der Waals surface area contributed by atoms with Crippen LogP contribution in [-0.4, -0.2) is 22.2 Å². The molecule has 0 bridgehead atoms. The van der Waals surface area contributed by atoms with Crippen LogP contribution in [0.1, 0.15) is 6.42 Å². The van der Waals surface area contributed by atoms with Crippen molar-refractivity contribution in [1.29, 1.82) is 0 Å². The van der Waals surface area contributed by atoms with E-state index in [0.717, 1.165) is 5.69 Å². The number of para-hydroxylation sites is 1. The molecule has 1 aromatic carbocycles. The van der Waals surface area contributed by atoms with Crippen molar-refractivity contribution in [3.63, 3.8) is 0 Å². The predicted molar refractivity (Wildman–Crippen MR) is 65.0 cm³/mol. The van der Waals surface area contributed by atoms with Gasteiger partial charge in [-0.15, -0.1) is 0 Å². The second-order valence-corrected chi connectivity index (χ2v) is 3.84. The molecule has 5 nitrogen and oxygen atoms in total. The molecule has 2 rings (SSSR count). The highest BCUT2D eigenvalue weighted by molar-refractivity contribution is 5.95. The maximum atomic E-state index is 11.0. The molecule has 1 heterocycles. The standard InChI is InChI=1S/C13H11NO4/c15-12(16)9-6-10(13(17)18)8-14(7-9)11-4-2-1-3-5-11/h1-5,7-8H,6H2,(H,15,16)(H,17,18). The van der Waals surface area contributed by atoms with Crippen LogP contribution in [0.15, 0.2) is 53.9 Å². The van der Waals surface area contributed by atoms with Gasteiger partial charge in [0.2, 0.25) is 0 Å². The van der Waals surface area contributed by atoms with Crippen LogP contribution in [-0.2, 0) is 9.59 Å². The Bertz CT molecular complexity index is 515. The molecule has 1 aliphatic heterocycles. The van der Waals surface area contributed by atoms with E-state index < -0.39 is 11.9 Å². The number of hydrogen-bond donors (Lipinski definition) is 2. The number of carbonyl (C=O) groups is 2. The van der Waals surface area contributed by atoms with Gasteiger partial charge in [0.1, 0.15) is 0 Å². The maximum absolute atomic E-state index is 11.0. The molecule has 92 valence electrons. The largest absolute Gasteiger partial charge is 0.478 e. The topological polar surface area (TPSA) is 77.8 Å². The highest BCUT2D eigenvalue weighted by atomic mass is 16.4. The van der Waals surface area contributed by atoms with Gasteiger partial charge >= 0.3 is 11.9 Å². The summed E-state index contributed by atoms with van der Waals surface area (Å²) in [5, 5.41) is 18.0. The van der Waals surface area contributed by atoms with E-state index in [4.69, 9.17) is 10.2 Å². The normalized spacial score (nSPS) is 14.8. The van der Waals surface area contributed by atoms with Crippen molar-refractivity contribution in [3.05, 3.63) is 53.9 Å². The molecule has 0 radical (unpaired) electrons. The molecule has 5 heteroatoms. The van der Waals surface area contributed by atoms with Gasteiger partial charge < -0.3 is 15.1 Å². The number of carboxylic acids is 2. The molecule has 0 aliphatic carbocycles. The van der Waals surface area contributed by atoms with Gasteiger partial charge in [-0.05, 0) is 12.1 Å². The number of anilines is 1. The predicted octanol–water partition coefficient (Wildman–Crippen LogP) is 1.83. The quantitative estimate of drug-likeness (QED) is 0.849. The molecular formula is C13H11NO4. The average molecular weight is 245 g/mol. The Morgan fingerprint density at radius 1 is 0.944 bits per heavy atom. The number of benzene rings is 1. The Morgan fingerprint density at radius 3 is 1.89 bits per heavy atom. The van der Waals surface area contributed by atoms with Crippen LogP contribution in [0.5, 0.6) is 0 Å². The Labute approximate surface area is 103 Å². The van der Waals surface area contributed by atoms with E-state index in [2.05, 4.69) is 0 Å². The average Bonchev–Trinajstić information content (AvgIpc) is 2.39. The molecule has 0 spiro atoms. The molecule has 0 unspecified atom stereocenters. The SMILES string of the molecule is O=C(O)C1=CN(c2ccccc2)C=C(C(=O)O)C1. The summed E-state index contributed by atoms with van der Waals surface area (Å²) in [5.74, 6) is -2.22. The number of hydrogen-bond acceptors (Lipinski definition) is 3. The number of aliphatic carboxylic acids is 2. The minimum Gasteiger partial charge on any atom is -0.478 e. The van der Waals surface area contributed by atoms with Gasteiger partial charge in [0.05, 0.1) is 11.1 Å². The van der Waals surface area contributed by atoms with Gasteiger partial charge in [0.15, 0.2) is 0 Å². The number of nitrogens with zero attached hydrogens (tertiary/aromatic N) is 1. The van der Waals surface area contributed by atoms with E-state index in [-0.39, 0.29) is 17.6 Å². The van der Waals surface area contributed by atoms with Gasteiger partial charge in [0.25, 0.3) is 0 Å². The molecular weight excluding hydrogens is 234 g/mol. The van der Waals surface area contributed by atoms with Crippen molar-refractivity contribution in [1.82, 2.24) is 0 Å². The summed E-state index contributed by atoms with van der Waals surface area (Å²) < 4.78 is 0. The summed E-state index contributed by atoms with van der Waals surface area (Å²) in [7, 11) is 0. The first-order chi connectivity index (χ1) is 8.58. The lowest BCUT2D eigenvalue weighted by atomic mass is 10.0. The third kappa shape index (κ3) is 2.40. The third-order valence-corrected chi connectivity index (χ3v) is 2.57. The van der Waals surface area contributed by atoms with Crippen molar-refractivity contribution in [3.8, 4) is 0 Å². The van der Waals surface area contributed by atoms with Crippen LogP contribution in [0.25, 0.3) is 0 Å². The van der Waals surface area contributed by atoms with Crippen LogP contribution in [0.3, 0.4) is 0 Å². The Kier molecular flexibility index (Phi) is 3.14. The Balaban J connectivity index is 2.40. The second-order valence-electron chi connectivity index (χ2n) is 3.84. The minimum absolute atomic E-state index is 0.0544. The first-order valence-electron chi connectivity index (χ1n) is 5.29. The fourth-order valence-electron chi connectivity index (χ4n) is 1.68. The van der Waals surface area contributed by atoms with Crippen LogP contribution < -0.4 is 4.90 Å². The summed E-state index contributed by atoms with van der Waals surface area (Å²) in [6.45, 7) is 0. The molecule has 0 amide bonds. The van der Waals surface area contributed by atoms with Crippen LogP contribution in [0, 0.1) is 0 Å². The summed E-state index contributed by atoms with van der Waals surface area (Å²) in [6, 6.07) is 8.98. The third-order valence-electron chi connectivity index (χ3n) is 2.57. The van der Waals surface area contributed by atoms with Crippen molar-refractivity contribution >= 4 is 17.6 Å². The van der Waals surface area contributed by atoms with Crippen molar-refractivity contribution < 1.29 is 19.8 Å². The first-order valence-corrected chi connectivity index (χ1v) is 5.29. The first kappa shape index (κ1) is 11.9. The van der Waals surface area contributed by atoms with Crippen molar-refractivity contribution in [2.75, 3.05) is 4.90 Å². The zero-order valence-corrected chi connectivity index (χ0v) is 9.41. The Hall–Kier alpha value is -2.56. The fraction of sp³-hybridized carbons (Fsp3) is 0.0769. The second kappa shape index (κ2) is 4.75. The van der Waals surface area contributed by atoms with E-state index in [1.807, 2.05) is 6.07 Å². The summed E-state index contributed by atoms with van der Waals surface area (Å²) in [4.78, 5) is 23.5. The molecule has 1 aromatic rings. The van der Waals surface area contributed by atoms with Gasteiger partial charge in [-0.2, -0.15) is 0 Å². The van der Waals surface area contributed by atoms with Gasteiger partial charge in [-0.25, -0.2) is 9.59 Å². The molecule has 0 atom stereocenters. The van der Waals surface area contributed by atoms with Gasteiger partial charge in [-0.1, -0.05) is 18.2 Å². The van der Waals surface area contributed by atoms with Crippen molar-refractivity contribution in [2.24, 2.45) is 0 Å². The zero-order valence-electron chi connectivity index (χ0n) is 9.41. The van der Waals surface area contributed by atoms with E-state index in [0.29, 0.717) is 0 Å². The highest BCUT2D eigenvalue weighted by Gasteiger charge is 2.21. The van der Waals surface area contributed by atoms with Gasteiger partial charge in [-0.3, -0.25) is 0 Å². The lowest BCUT2D eigenvalue weighted by Crippen LogP contribution is -2.20. The zero-order chi connectivity index (χ0) is 13.1. The van der Waals surface area contributed by atoms with Crippen LogP contribution in [0.4, 0.5) is 5.69 Å². The minimum atomic E-state index is -1.11. The van der Waals surface area contributed by atoms with E-state index in [1.54, 1.807) is 24.3 Å². The molecule has 0 saturated carbocycles. The van der Waals surface area contributed by atoms with Crippen LogP contribution >= 0.6 is 0 Å². The fourth-order valence-corrected chi connectivity index (χ4v) is 1.68. The van der Waals surface area contributed by atoms with Gasteiger partial charge in [0, 0.05) is 24.5 Å². The highest BCUT2D eigenvalue weighted by Crippen LogP contribution is 2.24. The summed E-state index contributed by atoms with van der Waals surface area (Å²) in [6.07, 6.45) is 2.79. The summed E-state index contributed by atoms with van der Waals surface area (Å²) >= 11 is 0. The van der Waals surface area contributed by atoms with E-state index in [1.165, 1.54) is 17.3 Å². The monoisotopic (exact) mass is 245 g/mol. The molecule has 0 fully saturated rings. The van der Waals surface area contributed by atoms with E-state index >= 15 is 0 Å². The smallest absolute Gasteiger partial charge is 0.333 e. The van der Waals surface area contributed by atoms with E-state index in [9.17, 15) is 9.59 Å². The molecule has 1 aliphatic rings. The van der Waals surface area contributed by atoms with Crippen LogP contribution in [0.2, 0.25) is 0 Å². The number of rotatable bonds is 3. The molecule has 0 saturated heterocycles. The summed E-state index contributed by atoms with van der Waals surface area (Å²) in [5.41, 5.74) is 0.826. The van der Waals surface area contributed by atoms with Crippen molar-refractivity contribution in [2.45, 2.75) is 6.42 Å². The maximum Gasteiger partial charge on any atom is 0.333 e.